The van der Waals surface area contributed by atoms with Gasteiger partial charge in [-0.05, 0) is 61.2 Å². The van der Waals surface area contributed by atoms with Crippen LogP contribution in [0.1, 0.15) is 25.3 Å². The number of carbonyl (C=O) groups excluding carboxylic acids is 1. The van der Waals surface area contributed by atoms with Crippen molar-refractivity contribution in [1.29, 1.82) is 0 Å². The molecule has 1 aliphatic heterocycles. The van der Waals surface area contributed by atoms with Crippen molar-refractivity contribution >= 4 is 37.5 Å². The fraction of sp³-hybridized carbons (Fsp3) is 0.360. The standard InChI is InChI=1S/C25H29N3O4S2/c1-4-14-28-22-11-6-18(5-2)17-23(22)33-25(28)26-24(29)19-12-15-27(16-13-19)34(30,31)21-9-7-20(32-3)8-10-21/h4,6-11,17,19H,1,5,12-16H2,2-3H3. The van der Waals surface area contributed by atoms with Crippen molar-refractivity contribution in [3.05, 3.63) is 65.5 Å². The molecule has 0 radical (unpaired) electrons. The van der Waals surface area contributed by atoms with Crippen LogP contribution < -0.4 is 9.54 Å². The molecule has 2 aromatic carbocycles. The Morgan fingerprint density at radius 1 is 1.21 bits per heavy atom. The number of rotatable bonds is 7. The zero-order chi connectivity index (χ0) is 24.3. The first-order valence-corrected chi connectivity index (χ1v) is 13.6. The number of hydrogen-bond acceptors (Lipinski definition) is 5. The Morgan fingerprint density at radius 2 is 1.91 bits per heavy atom. The molecule has 0 unspecified atom stereocenters. The second kappa shape index (κ2) is 10.2. The van der Waals surface area contributed by atoms with Crippen LogP contribution in [0.2, 0.25) is 0 Å². The van der Waals surface area contributed by atoms with E-state index in [0.29, 0.717) is 43.0 Å². The smallest absolute Gasteiger partial charge is 0.251 e. The van der Waals surface area contributed by atoms with Crippen LogP contribution in [0.4, 0.5) is 0 Å². The third-order valence-electron chi connectivity index (χ3n) is 6.17. The molecular formula is C25H29N3O4S2. The van der Waals surface area contributed by atoms with Crippen LogP contribution in [0.25, 0.3) is 10.2 Å². The highest BCUT2D eigenvalue weighted by atomic mass is 32.2. The highest BCUT2D eigenvalue weighted by Crippen LogP contribution is 2.26. The van der Waals surface area contributed by atoms with E-state index in [9.17, 15) is 13.2 Å². The first-order valence-electron chi connectivity index (χ1n) is 11.3. The summed E-state index contributed by atoms with van der Waals surface area (Å²) in [6, 6.07) is 12.7. The summed E-state index contributed by atoms with van der Waals surface area (Å²) in [6.45, 7) is 7.10. The summed E-state index contributed by atoms with van der Waals surface area (Å²) in [4.78, 5) is 18.4. The highest BCUT2D eigenvalue weighted by molar-refractivity contribution is 7.89. The van der Waals surface area contributed by atoms with Crippen LogP contribution in [-0.4, -0.2) is 43.4 Å². The number of carbonyl (C=O) groups is 1. The molecule has 0 saturated carbocycles. The molecule has 2 heterocycles. The Morgan fingerprint density at radius 3 is 2.53 bits per heavy atom. The molecule has 0 atom stereocenters. The van der Waals surface area contributed by atoms with Gasteiger partial charge in [-0.3, -0.25) is 4.79 Å². The molecule has 4 rings (SSSR count). The van der Waals surface area contributed by atoms with Gasteiger partial charge in [0.1, 0.15) is 5.75 Å². The number of amides is 1. The molecule has 1 aromatic heterocycles. The Bertz CT molecular complexity index is 1360. The number of fused-ring (bicyclic) bond motifs is 1. The van der Waals surface area contributed by atoms with Gasteiger partial charge in [-0.15, -0.1) is 6.58 Å². The number of allylic oxidation sites excluding steroid dienone is 1. The number of methoxy groups -OCH3 is 1. The molecule has 1 fully saturated rings. The molecule has 7 nitrogen and oxygen atoms in total. The lowest BCUT2D eigenvalue weighted by atomic mass is 9.98. The summed E-state index contributed by atoms with van der Waals surface area (Å²) in [6.07, 6.45) is 3.64. The topological polar surface area (TPSA) is 81.0 Å². The molecule has 0 aliphatic carbocycles. The van der Waals surface area contributed by atoms with E-state index in [1.165, 1.54) is 28.3 Å². The lowest BCUT2D eigenvalue weighted by Gasteiger charge is -2.29. The molecule has 0 spiro atoms. The van der Waals surface area contributed by atoms with Crippen LogP contribution in [0.3, 0.4) is 0 Å². The summed E-state index contributed by atoms with van der Waals surface area (Å²) in [5, 5.41) is 0. The summed E-state index contributed by atoms with van der Waals surface area (Å²) in [7, 11) is -2.07. The molecule has 3 aromatic rings. The zero-order valence-electron chi connectivity index (χ0n) is 19.4. The van der Waals surface area contributed by atoms with Gasteiger partial charge in [0.05, 0.1) is 22.2 Å². The Labute approximate surface area is 204 Å². The summed E-state index contributed by atoms with van der Waals surface area (Å²) in [5.74, 6) is 0.114. The first kappa shape index (κ1) is 24.4. The average molecular weight is 500 g/mol. The van der Waals surface area contributed by atoms with Gasteiger partial charge in [0.25, 0.3) is 5.91 Å². The number of hydrogen-bond donors (Lipinski definition) is 0. The monoisotopic (exact) mass is 499 g/mol. The number of aromatic nitrogens is 1. The van der Waals surface area contributed by atoms with E-state index in [1.54, 1.807) is 30.3 Å². The van der Waals surface area contributed by atoms with Crippen LogP contribution in [-0.2, 0) is 27.8 Å². The van der Waals surface area contributed by atoms with Gasteiger partial charge in [-0.25, -0.2) is 8.42 Å². The van der Waals surface area contributed by atoms with Crippen molar-refractivity contribution < 1.29 is 17.9 Å². The molecular weight excluding hydrogens is 470 g/mol. The minimum absolute atomic E-state index is 0.193. The number of ether oxygens (including phenoxy) is 1. The lowest BCUT2D eigenvalue weighted by Crippen LogP contribution is -2.40. The van der Waals surface area contributed by atoms with Gasteiger partial charge in [-0.1, -0.05) is 30.4 Å². The molecule has 9 heteroatoms. The Hall–Kier alpha value is -2.75. The summed E-state index contributed by atoms with van der Waals surface area (Å²) >= 11 is 1.50. The first-order chi connectivity index (χ1) is 16.4. The lowest BCUT2D eigenvalue weighted by molar-refractivity contribution is -0.122. The second-order valence-corrected chi connectivity index (χ2v) is 11.2. The SMILES string of the molecule is C=CCn1c(=NC(=O)C2CCN(S(=O)(=O)c3ccc(OC)cc3)CC2)sc2cc(CC)ccc21. The minimum atomic E-state index is -3.61. The molecule has 34 heavy (non-hydrogen) atoms. The van der Waals surface area contributed by atoms with Crippen LogP contribution in [0, 0.1) is 5.92 Å². The van der Waals surface area contributed by atoms with Crippen molar-refractivity contribution in [3.63, 3.8) is 0 Å². The fourth-order valence-corrected chi connectivity index (χ4v) is 6.73. The Kier molecular flexibility index (Phi) is 7.35. The molecule has 1 saturated heterocycles. The van der Waals surface area contributed by atoms with Crippen LogP contribution in [0.15, 0.2) is 65.0 Å². The molecule has 180 valence electrons. The van der Waals surface area contributed by atoms with Crippen molar-refractivity contribution in [2.45, 2.75) is 37.6 Å². The number of sulfonamides is 1. The minimum Gasteiger partial charge on any atom is -0.497 e. The molecule has 1 aliphatic rings. The average Bonchev–Trinajstić information content (AvgIpc) is 3.20. The van der Waals surface area contributed by atoms with Gasteiger partial charge in [-0.2, -0.15) is 9.30 Å². The summed E-state index contributed by atoms with van der Waals surface area (Å²) < 4.78 is 35.6. The predicted octanol–water partition coefficient (Wildman–Crippen LogP) is 3.99. The maximum atomic E-state index is 13.0. The van der Waals surface area contributed by atoms with Gasteiger partial charge >= 0.3 is 0 Å². The van der Waals surface area contributed by atoms with Gasteiger partial charge in [0, 0.05) is 25.6 Å². The number of thiazole rings is 1. The van der Waals surface area contributed by atoms with Crippen molar-refractivity contribution in [3.8, 4) is 5.75 Å². The number of aryl methyl sites for hydroxylation is 1. The normalized spacial score (nSPS) is 16.1. The summed E-state index contributed by atoms with van der Waals surface area (Å²) in [5.41, 5.74) is 2.27. The fourth-order valence-electron chi connectivity index (χ4n) is 4.15. The molecule has 1 amide bonds. The third-order valence-corrected chi connectivity index (χ3v) is 9.13. The number of piperidine rings is 1. The Balaban J connectivity index is 1.52. The van der Waals surface area contributed by atoms with Crippen molar-refractivity contribution in [2.75, 3.05) is 20.2 Å². The number of benzene rings is 2. The second-order valence-electron chi connectivity index (χ2n) is 8.24. The van der Waals surface area contributed by atoms with Gasteiger partial charge < -0.3 is 9.30 Å². The maximum Gasteiger partial charge on any atom is 0.251 e. The van der Waals surface area contributed by atoms with E-state index < -0.39 is 10.0 Å². The highest BCUT2D eigenvalue weighted by Gasteiger charge is 2.32. The molecule has 0 N–H and O–H groups in total. The van der Waals surface area contributed by atoms with E-state index in [-0.39, 0.29) is 16.7 Å². The maximum absolute atomic E-state index is 13.0. The molecule has 0 bridgehead atoms. The third kappa shape index (κ3) is 4.87. The zero-order valence-corrected chi connectivity index (χ0v) is 21.1. The number of nitrogens with zero attached hydrogens (tertiary/aromatic N) is 3. The largest absolute Gasteiger partial charge is 0.497 e. The van der Waals surface area contributed by atoms with Crippen molar-refractivity contribution in [2.24, 2.45) is 10.9 Å². The van der Waals surface area contributed by atoms with Gasteiger partial charge in [0.15, 0.2) is 4.80 Å². The van der Waals surface area contributed by atoms with E-state index >= 15 is 0 Å². The van der Waals surface area contributed by atoms with E-state index in [2.05, 4.69) is 36.7 Å². The van der Waals surface area contributed by atoms with E-state index in [0.717, 1.165) is 16.6 Å². The van der Waals surface area contributed by atoms with Crippen molar-refractivity contribution in [1.82, 2.24) is 8.87 Å². The van der Waals surface area contributed by atoms with E-state index in [1.807, 2.05) is 4.57 Å². The van der Waals surface area contributed by atoms with Crippen LogP contribution >= 0.6 is 11.3 Å². The predicted molar refractivity (Wildman–Crippen MR) is 134 cm³/mol. The quantitative estimate of drug-likeness (QED) is 0.461. The van der Waals surface area contributed by atoms with Gasteiger partial charge in [0.2, 0.25) is 10.0 Å². The van der Waals surface area contributed by atoms with Crippen LogP contribution in [0.5, 0.6) is 5.75 Å². The van der Waals surface area contributed by atoms with E-state index in [4.69, 9.17) is 4.74 Å².